The van der Waals surface area contributed by atoms with Crippen molar-refractivity contribution in [1.82, 2.24) is 0 Å². The topological polar surface area (TPSA) is 32.6 Å². The number of para-hydroxylation sites is 1. The second-order valence-electron chi connectivity index (χ2n) is 5.39. The summed E-state index contributed by atoms with van der Waals surface area (Å²) in [6.45, 7) is 7.99. The maximum absolute atomic E-state index is 10.4. The third-order valence-corrected chi connectivity index (χ3v) is 3.34. The quantitative estimate of drug-likeness (QED) is 0.600. The molecule has 0 radical (unpaired) electrons. The van der Waals surface area contributed by atoms with Crippen LogP contribution < -0.4 is 0 Å². The molecular weight excluding hydrogens is 258 g/mol. The minimum Gasteiger partial charge on any atom is -0.507 e. The van der Waals surface area contributed by atoms with Crippen LogP contribution in [0.1, 0.15) is 29.2 Å². The fourth-order valence-corrected chi connectivity index (χ4v) is 2.59. The molecular formula is C19H21NO. The van der Waals surface area contributed by atoms with Gasteiger partial charge in [-0.15, -0.1) is 0 Å². The maximum Gasteiger partial charge on any atom is 0.125 e. The van der Waals surface area contributed by atoms with E-state index < -0.39 is 0 Å². The Labute approximate surface area is 126 Å². The largest absolute Gasteiger partial charge is 0.507 e. The summed E-state index contributed by atoms with van der Waals surface area (Å²) in [5.41, 5.74) is 5.91. The van der Waals surface area contributed by atoms with Crippen LogP contribution in [0.3, 0.4) is 0 Å². The van der Waals surface area contributed by atoms with Gasteiger partial charge in [0.1, 0.15) is 5.76 Å². The number of aryl methyl sites for hydroxylation is 3. The van der Waals surface area contributed by atoms with Crippen molar-refractivity contribution in [3.63, 3.8) is 0 Å². The Hall–Kier alpha value is -2.35. The second kappa shape index (κ2) is 6.40. The summed E-state index contributed by atoms with van der Waals surface area (Å²) < 4.78 is 0. The van der Waals surface area contributed by atoms with Gasteiger partial charge >= 0.3 is 0 Å². The van der Waals surface area contributed by atoms with Crippen molar-refractivity contribution in [1.29, 1.82) is 0 Å². The fraction of sp³-hybridized carbons (Fsp3) is 0.211. The average molecular weight is 279 g/mol. The van der Waals surface area contributed by atoms with Crippen molar-refractivity contribution in [2.45, 2.75) is 27.7 Å². The first kappa shape index (κ1) is 15.0. The standard InChI is InChI=1S/C19H21NO/c1-13-10-14(2)19(15(3)11-13)18(21)12-16(4)20-17-8-6-5-7-9-17/h5-12,21H,1-4H3/b18-12-,20-16+. The molecule has 2 nitrogen and oxygen atoms in total. The van der Waals surface area contributed by atoms with E-state index in [9.17, 15) is 5.11 Å². The molecule has 2 heteroatoms. The molecule has 2 aromatic carbocycles. The van der Waals surface area contributed by atoms with Gasteiger partial charge in [-0.25, -0.2) is 0 Å². The van der Waals surface area contributed by atoms with Crippen molar-refractivity contribution in [3.8, 4) is 0 Å². The molecule has 0 saturated heterocycles. The lowest BCUT2D eigenvalue weighted by Crippen LogP contribution is -1.96. The molecule has 2 rings (SSSR count). The van der Waals surface area contributed by atoms with Crippen LogP contribution in [0.4, 0.5) is 5.69 Å². The van der Waals surface area contributed by atoms with Gasteiger partial charge in [0.25, 0.3) is 0 Å². The summed E-state index contributed by atoms with van der Waals surface area (Å²) in [6.07, 6.45) is 1.72. The van der Waals surface area contributed by atoms with Gasteiger partial charge in [0.2, 0.25) is 0 Å². The van der Waals surface area contributed by atoms with E-state index in [2.05, 4.69) is 24.0 Å². The molecule has 0 fully saturated rings. The summed E-state index contributed by atoms with van der Waals surface area (Å²) in [4.78, 5) is 4.48. The van der Waals surface area contributed by atoms with E-state index in [1.807, 2.05) is 51.1 Å². The molecule has 0 heterocycles. The highest BCUT2D eigenvalue weighted by atomic mass is 16.3. The Morgan fingerprint density at radius 3 is 2.14 bits per heavy atom. The number of hydrogen-bond donors (Lipinski definition) is 1. The molecule has 0 amide bonds. The SMILES string of the molecule is CC(/C=C(\O)c1c(C)cc(C)cc1C)=N\c1ccccc1. The van der Waals surface area contributed by atoms with Crippen molar-refractivity contribution < 1.29 is 5.11 Å². The molecule has 0 unspecified atom stereocenters. The van der Waals surface area contributed by atoms with Crippen LogP contribution in [0.2, 0.25) is 0 Å². The van der Waals surface area contributed by atoms with Gasteiger partial charge in [-0.2, -0.15) is 0 Å². The number of aliphatic hydroxyl groups excluding tert-OH is 1. The van der Waals surface area contributed by atoms with Gasteiger partial charge in [-0.1, -0.05) is 35.9 Å². The normalized spacial score (nSPS) is 12.6. The van der Waals surface area contributed by atoms with Crippen molar-refractivity contribution in [2.75, 3.05) is 0 Å². The highest BCUT2D eigenvalue weighted by molar-refractivity contribution is 5.99. The number of hydrogen-bond acceptors (Lipinski definition) is 2. The predicted octanol–water partition coefficient (Wildman–Crippen LogP) is 5.30. The van der Waals surface area contributed by atoms with Crippen molar-refractivity contribution in [3.05, 3.63) is 70.8 Å². The van der Waals surface area contributed by atoms with Gasteiger partial charge < -0.3 is 5.11 Å². The van der Waals surface area contributed by atoms with Crippen LogP contribution in [0, 0.1) is 20.8 Å². The highest BCUT2D eigenvalue weighted by Crippen LogP contribution is 2.23. The van der Waals surface area contributed by atoms with Crippen LogP contribution in [0.25, 0.3) is 5.76 Å². The van der Waals surface area contributed by atoms with Gasteiger partial charge in [0.05, 0.1) is 5.69 Å². The summed E-state index contributed by atoms with van der Waals surface area (Å²) >= 11 is 0. The van der Waals surface area contributed by atoms with Gasteiger partial charge in [0.15, 0.2) is 0 Å². The minimum atomic E-state index is 0.266. The van der Waals surface area contributed by atoms with Gasteiger partial charge in [0, 0.05) is 17.4 Å². The summed E-state index contributed by atoms with van der Waals surface area (Å²) in [5, 5.41) is 10.4. The molecule has 1 N–H and O–H groups in total. The molecule has 0 atom stereocenters. The average Bonchev–Trinajstić information content (AvgIpc) is 2.38. The lowest BCUT2D eigenvalue weighted by Gasteiger charge is -2.10. The van der Waals surface area contributed by atoms with Crippen LogP contribution in [-0.2, 0) is 0 Å². The van der Waals surface area contributed by atoms with E-state index in [0.29, 0.717) is 0 Å². The van der Waals surface area contributed by atoms with Crippen LogP contribution in [-0.4, -0.2) is 10.8 Å². The molecule has 108 valence electrons. The molecule has 0 aliphatic rings. The lowest BCUT2D eigenvalue weighted by atomic mass is 9.98. The first-order valence-corrected chi connectivity index (χ1v) is 7.06. The van der Waals surface area contributed by atoms with Crippen LogP contribution in [0.5, 0.6) is 0 Å². The summed E-state index contributed by atoms with van der Waals surface area (Å²) in [6, 6.07) is 13.9. The summed E-state index contributed by atoms with van der Waals surface area (Å²) in [7, 11) is 0. The number of rotatable bonds is 3. The Bertz CT molecular complexity index is 674. The van der Waals surface area contributed by atoms with E-state index >= 15 is 0 Å². The van der Waals surface area contributed by atoms with E-state index in [4.69, 9.17) is 0 Å². The third-order valence-electron chi connectivity index (χ3n) is 3.34. The number of aliphatic imine (C=N–C) groups is 1. The zero-order chi connectivity index (χ0) is 15.4. The zero-order valence-corrected chi connectivity index (χ0v) is 13.0. The lowest BCUT2D eigenvalue weighted by molar-refractivity contribution is 0.511. The van der Waals surface area contributed by atoms with E-state index in [1.165, 1.54) is 5.56 Å². The number of aliphatic hydroxyl groups is 1. The molecule has 0 spiro atoms. The van der Waals surface area contributed by atoms with Crippen molar-refractivity contribution >= 4 is 17.2 Å². The monoisotopic (exact) mass is 279 g/mol. The second-order valence-corrected chi connectivity index (χ2v) is 5.39. The Balaban J connectivity index is 2.36. The van der Waals surface area contributed by atoms with Gasteiger partial charge in [-0.05, 0) is 51.0 Å². The smallest absolute Gasteiger partial charge is 0.125 e. The number of benzene rings is 2. The third kappa shape index (κ3) is 3.82. The summed E-state index contributed by atoms with van der Waals surface area (Å²) in [5.74, 6) is 0.266. The molecule has 21 heavy (non-hydrogen) atoms. The minimum absolute atomic E-state index is 0.266. The maximum atomic E-state index is 10.4. The Morgan fingerprint density at radius 2 is 1.57 bits per heavy atom. The molecule has 0 bridgehead atoms. The van der Waals surface area contributed by atoms with Gasteiger partial charge in [-0.3, -0.25) is 4.99 Å². The van der Waals surface area contributed by atoms with Crippen LogP contribution in [0.15, 0.2) is 53.5 Å². The first-order valence-electron chi connectivity index (χ1n) is 7.06. The molecule has 2 aromatic rings. The molecule has 0 aliphatic carbocycles. The Kier molecular flexibility index (Phi) is 4.59. The Morgan fingerprint density at radius 1 is 1.00 bits per heavy atom. The number of allylic oxidation sites excluding steroid dienone is 1. The molecule has 0 aliphatic heterocycles. The van der Waals surface area contributed by atoms with E-state index in [1.54, 1.807) is 6.08 Å². The van der Waals surface area contributed by atoms with E-state index in [-0.39, 0.29) is 5.76 Å². The number of nitrogens with zero attached hydrogens (tertiary/aromatic N) is 1. The fourth-order valence-electron chi connectivity index (χ4n) is 2.59. The molecule has 0 aromatic heterocycles. The first-order chi connectivity index (χ1) is 9.97. The molecule has 0 saturated carbocycles. The predicted molar refractivity (Wildman–Crippen MR) is 90.5 cm³/mol. The zero-order valence-electron chi connectivity index (χ0n) is 13.0. The van der Waals surface area contributed by atoms with E-state index in [0.717, 1.165) is 28.1 Å². The highest BCUT2D eigenvalue weighted by Gasteiger charge is 2.08. The van der Waals surface area contributed by atoms with Crippen molar-refractivity contribution in [2.24, 2.45) is 4.99 Å². The van der Waals surface area contributed by atoms with Crippen LogP contribution >= 0.6 is 0 Å².